The monoisotopic (exact) mass is 255 g/mol. The molecule has 1 N–H and O–H groups in total. The Morgan fingerprint density at radius 1 is 1.35 bits per heavy atom. The molecule has 8 heteroatoms. The van der Waals surface area contributed by atoms with E-state index in [0.717, 1.165) is 0 Å². The lowest BCUT2D eigenvalue weighted by Crippen LogP contribution is -2.72. The van der Waals surface area contributed by atoms with Gasteiger partial charge in [-0.25, -0.2) is 9.69 Å². The van der Waals surface area contributed by atoms with Gasteiger partial charge in [0.25, 0.3) is 5.91 Å². The standard InChI is InChI=1S/C9H12F3NO4/c1-8(2,3)17-7(16)13-5(9(10,11)12)4(14)6(13)15/h4-5,14H,1-3H3/t4-,5-/m1/s1. The number of aliphatic hydroxyl groups excluding tert-OH is 1. The molecule has 2 atom stereocenters. The van der Waals surface area contributed by atoms with Crippen LogP contribution in [0.2, 0.25) is 0 Å². The Balaban J connectivity index is 2.83. The van der Waals surface area contributed by atoms with E-state index in [0.29, 0.717) is 0 Å². The summed E-state index contributed by atoms with van der Waals surface area (Å²) in [7, 11) is 0. The summed E-state index contributed by atoms with van der Waals surface area (Å²) in [4.78, 5) is 22.2. The van der Waals surface area contributed by atoms with E-state index >= 15 is 0 Å². The van der Waals surface area contributed by atoms with Crippen molar-refractivity contribution in [1.29, 1.82) is 0 Å². The molecule has 1 fully saturated rings. The van der Waals surface area contributed by atoms with Crippen LogP contribution >= 0.6 is 0 Å². The van der Waals surface area contributed by atoms with Crippen LogP contribution in [0.25, 0.3) is 0 Å². The number of ether oxygens (including phenoxy) is 1. The lowest BCUT2D eigenvalue weighted by Gasteiger charge is -2.43. The smallest absolute Gasteiger partial charge is 0.417 e. The number of carbonyl (C=O) groups is 2. The molecular weight excluding hydrogens is 243 g/mol. The number of β-lactam (4-membered cyclic amide) rings is 1. The zero-order chi connectivity index (χ0) is 13.6. The van der Waals surface area contributed by atoms with Crippen LogP contribution in [-0.2, 0) is 9.53 Å². The summed E-state index contributed by atoms with van der Waals surface area (Å²) in [5.74, 6) is -1.30. The van der Waals surface area contributed by atoms with Crippen LogP contribution in [0.4, 0.5) is 18.0 Å². The summed E-state index contributed by atoms with van der Waals surface area (Å²) in [6.07, 6.45) is -8.51. The molecule has 0 radical (unpaired) electrons. The van der Waals surface area contributed by atoms with Gasteiger partial charge in [0, 0.05) is 0 Å². The minimum absolute atomic E-state index is 0.115. The average molecular weight is 255 g/mol. The number of likely N-dealkylation sites (tertiary alicyclic amines) is 1. The van der Waals surface area contributed by atoms with Crippen molar-refractivity contribution in [2.24, 2.45) is 0 Å². The Kier molecular flexibility index (Phi) is 3.13. The molecule has 1 heterocycles. The van der Waals surface area contributed by atoms with Gasteiger partial charge in [0.1, 0.15) is 5.60 Å². The fourth-order valence-electron chi connectivity index (χ4n) is 1.31. The first-order chi connectivity index (χ1) is 7.45. The van der Waals surface area contributed by atoms with Crippen LogP contribution in [-0.4, -0.2) is 45.9 Å². The van der Waals surface area contributed by atoms with Crippen LogP contribution < -0.4 is 0 Å². The third-order valence-electron chi connectivity index (χ3n) is 1.99. The van der Waals surface area contributed by atoms with Gasteiger partial charge >= 0.3 is 12.3 Å². The highest BCUT2D eigenvalue weighted by atomic mass is 19.4. The zero-order valence-corrected chi connectivity index (χ0v) is 9.41. The number of aliphatic hydroxyl groups is 1. The van der Waals surface area contributed by atoms with Crippen LogP contribution in [0.3, 0.4) is 0 Å². The quantitative estimate of drug-likeness (QED) is 0.657. The van der Waals surface area contributed by atoms with Crippen molar-refractivity contribution < 1.29 is 32.6 Å². The van der Waals surface area contributed by atoms with Crippen molar-refractivity contribution in [3.05, 3.63) is 0 Å². The molecule has 98 valence electrons. The van der Waals surface area contributed by atoms with E-state index < -0.39 is 35.9 Å². The Morgan fingerprint density at radius 2 is 1.82 bits per heavy atom. The van der Waals surface area contributed by atoms with Crippen molar-refractivity contribution >= 4 is 12.0 Å². The summed E-state index contributed by atoms with van der Waals surface area (Å²) in [5, 5.41) is 8.91. The third-order valence-corrected chi connectivity index (χ3v) is 1.99. The molecule has 2 amide bonds. The van der Waals surface area contributed by atoms with Gasteiger partial charge in [0.15, 0.2) is 12.1 Å². The molecule has 0 aliphatic carbocycles. The van der Waals surface area contributed by atoms with Gasteiger partial charge in [-0.15, -0.1) is 0 Å². The minimum atomic E-state index is -4.87. The third kappa shape index (κ3) is 2.68. The number of amides is 2. The van der Waals surface area contributed by atoms with Crippen LogP contribution in [0.15, 0.2) is 0 Å². The number of hydrogen-bond donors (Lipinski definition) is 1. The lowest BCUT2D eigenvalue weighted by atomic mass is 9.98. The molecule has 17 heavy (non-hydrogen) atoms. The predicted octanol–water partition coefficient (Wildman–Crippen LogP) is 1.06. The van der Waals surface area contributed by atoms with Crippen LogP contribution in [0, 0.1) is 0 Å². The van der Waals surface area contributed by atoms with Crippen molar-refractivity contribution in [2.75, 3.05) is 0 Å². The Bertz CT molecular complexity index is 347. The maximum atomic E-state index is 12.4. The zero-order valence-electron chi connectivity index (χ0n) is 9.41. The summed E-state index contributed by atoms with van der Waals surface area (Å²) in [5.41, 5.74) is -1.02. The van der Waals surface area contributed by atoms with Gasteiger partial charge in [0.05, 0.1) is 0 Å². The summed E-state index contributed by atoms with van der Waals surface area (Å²) < 4.78 is 41.9. The second-order valence-electron chi connectivity index (χ2n) is 4.62. The second kappa shape index (κ2) is 3.86. The van der Waals surface area contributed by atoms with E-state index in [4.69, 9.17) is 5.11 Å². The van der Waals surface area contributed by atoms with Gasteiger partial charge in [-0.2, -0.15) is 13.2 Å². The lowest BCUT2D eigenvalue weighted by molar-refractivity contribution is -0.236. The Morgan fingerprint density at radius 3 is 2.18 bits per heavy atom. The van der Waals surface area contributed by atoms with E-state index in [-0.39, 0.29) is 4.90 Å². The first kappa shape index (κ1) is 13.8. The second-order valence-corrected chi connectivity index (χ2v) is 4.62. The highest BCUT2D eigenvalue weighted by Crippen LogP contribution is 2.35. The molecule has 0 aromatic heterocycles. The molecule has 0 aromatic rings. The SMILES string of the molecule is CC(C)(C)OC(=O)N1C(=O)[C@H](O)[C@@H]1C(F)(F)F. The number of imide groups is 1. The van der Waals surface area contributed by atoms with Crippen LogP contribution in [0.1, 0.15) is 20.8 Å². The average Bonchev–Trinajstić information content (AvgIpc) is 2.06. The minimum Gasteiger partial charge on any atom is -0.443 e. The summed E-state index contributed by atoms with van der Waals surface area (Å²) in [6.45, 7) is 4.36. The van der Waals surface area contributed by atoms with E-state index in [1.54, 1.807) is 0 Å². The van der Waals surface area contributed by atoms with Gasteiger partial charge in [-0.3, -0.25) is 4.79 Å². The molecule has 0 saturated carbocycles. The highest BCUT2D eigenvalue weighted by Gasteiger charge is 2.63. The van der Waals surface area contributed by atoms with Crippen molar-refractivity contribution in [1.82, 2.24) is 4.90 Å². The Hall–Kier alpha value is -1.31. The highest BCUT2D eigenvalue weighted by molar-refractivity contribution is 6.01. The predicted molar refractivity (Wildman–Crippen MR) is 48.9 cm³/mol. The number of rotatable bonds is 0. The number of nitrogens with zero attached hydrogens (tertiary/aromatic N) is 1. The summed E-state index contributed by atoms with van der Waals surface area (Å²) >= 11 is 0. The first-order valence-electron chi connectivity index (χ1n) is 4.76. The van der Waals surface area contributed by atoms with Crippen molar-refractivity contribution in [3.63, 3.8) is 0 Å². The molecule has 0 spiro atoms. The fraction of sp³-hybridized carbons (Fsp3) is 0.778. The molecule has 1 aliphatic heterocycles. The molecule has 1 saturated heterocycles. The molecular formula is C9H12F3NO4. The van der Waals surface area contributed by atoms with E-state index in [1.165, 1.54) is 20.8 Å². The molecule has 1 aliphatic rings. The van der Waals surface area contributed by atoms with Gasteiger partial charge in [-0.05, 0) is 20.8 Å². The molecule has 0 aromatic carbocycles. The van der Waals surface area contributed by atoms with Crippen LogP contribution in [0.5, 0.6) is 0 Å². The first-order valence-corrected chi connectivity index (χ1v) is 4.76. The van der Waals surface area contributed by atoms with Gasteiger partial charge in [-0.1, -0.05) is 0 Å². The maximum Gasteiger partial charge on any atom is 0.417 e. The number of carbonyl (C=O) groups excluding carboxylic acids is 2. The van der Waals surface area contributed by atoms with E-state index in [1.807, 2.05) is 0 Å². The van der Waals surface area contributed by atoms with Gasteiger partial charge in [0.2, 0.25) is 0 Å². The topological polar surface area (TPSA) is 66.8 Å². The maximum absolute atomic E-state index is 12.4. The number of alkyl halides is 3. The Labute approximate surface area is 95.1 Å². The molecule has 5 nitrogen and oxygen atoms in total. The van der Waals surface area contributed by atoms with Crippen molar-refractivity contribution in [2.45, 2.75) is 44.7 Å². The van der Waals surface area contributed by atoms with E-state index in [2.05, 4.69) is 4.74 Å². The van der Waals surface area contributed by atoms with Gasteiger partial charge < -0.3 is 9.84 Å². The normalized spacial score (nSPS) is 25.6. The molecule has 1 rings (SSSR count). The number of halogens is 3. The summed E-state index contributed by atoms with van der Waals surface area (Å²) in [6, 6.07) is -2.52. The molecule has 0 bridgehead atoms. The number of hydrogen-bond acceptors (Lipinski definition) is 4. The fourth-order valence-corrected chi connectivity index (χ4v) is 1.31. The van der Waals surface area contributed by atoms with E-state index in [9.17, 15) is 22.8 Å². The largest absolute Gasteiger partial charge is 0.443 e. The molecule has 0 unspecified atom stereocenters. The van der Waals surface area contributed by atoms with Crippen molar-refractivity contribution in [3.8, 4) is 0 Å².